The molecule has 0 radical (unpaired) electrons. The van der Waals surface area contributed by atoms with E-state index in [1.165, 1.54) is 11.3 Å². The van der Waals surface area contributed by atoms with E-state index in [0.29, 0.717) is 10.2 Å². The summed E-state index contributed by atoms with van der Waals surface area (Å²) in [6.07, 6.45) is 3.03. The van der Waals surface area contributed by atoms with Crippen LogP contribution in [0.1, 0.15) is 38.3 Å². The van der Waals surface area contributed by atoms with Gasteiger partial charge in [-0.2, -0.15) is 0 Å². The molecule has 0 saturated heterocycles. The first-order valence-electron chi connectivity index (χ1n) is 8.17. The first kappa shape index (κ1) is 19.6. The molecular formula is C18H23N3O2S2. The number of rotatable bonds is 5. The molecule has 5 nitrogen and oxygen atoms in total. The van der Waals surface area contributed by atoms with E-state index in [-0.39, 0.29) is 5.25 Å². The van der Waals surface area contributed by atoms with Crippen LogP contribution < -0.4 is 0 Å². The molecular weight excluding hydrogens is 354 g/mol. The van der Waals surface area contributed by atoms with E-state index < -0.39 is 16.9 Å². The molecule has 0 saturated carbocycles. The van der Waals surface area contributed by atoms with E-state index in [2.05, 4.69) is 15.0 Å². The zero-order valence-electron chi connectivity index (χ0n) is 15.1. The third kappa shape index (κ3) is 4.48. The summed E-state index contributed by atoms with van der Waals surface area (Å²) in [5.74, 6) is 0.542. The Bertz CT molecular complexity index is 801. The van der Waals surface area contributed by atoms with Crippen LogP contribution in [-0.4, -0.2) is 31.5 Å². The second kappa shape index (κ2) is 9.12. The molecule has 2 aromatic heterocycles. The summed E-state index contributed by atoms with van der Waals surface area (Å²) in [7, 11) is 0.289. The lowest BCUT2D eigenvalue weighted by Crippen LogP contribution is -2.24. The van der Waals surface area contributed by atoms with Crippen molar-refractivity contribution in [2.45, 2.75) is 43.4 Å². The first-order valence-corrected chi connectivity index (χ1v) is 10.2. The number of aryl methyl sites for hydroxylation is 1. The first-order chi connectivity index (χ1) is 12.1. The average Bonchev–Trinajstić information content (AvgIpc) is 3.09. The van der Waals surface area contributed by atoms with Crippen molar-refractivity contribution in [3.8, 4) is 0 Å². The third-order valence-electron chi connectivity index (χ3n) is 3.52. The minimum absolute atomic E-state index is 0.303. The maximum absolute atomic E-state index is 12.9. The molecule has 3 unspecified atom stereocenters. The summed E-state index contributed by atoms with van der Waals surface area (Å²) >= 11 is 1.45. The van der Waals surface area contributed by atoms with Crippen molar-refractivity contribution in [1.29, 1.82) is 0 Å². The Morgan fingerprint density at radius 3 is 2.40 bits per heavy atom. The van der Waals surface area contributed by atoms with Gasteiger partial charge in [-0.3, -0.25) is 4.21 Å². The third-order valence-corrected chi connectivity index (χ3v) is 6.45. The normalized spacial score (nSPS) is 14.4. The Morgan fingerprint density at radius 2 is 1.80 bits per heavy atom. The number of para-hydroxylation sites is 1. The van der Waals surface area contributed by atoms with Crippen LogP contribution in [0, 0.1) is 6.92 Å². The molecule has 0 aliphatic heterocycles. The van der Waals surface area contributed by atoms with Crippen LogP contribution in [0.5, 0.6) is 0 Å². The fourth-order valence-electron chi connectivity index (χ4n) is 2.26. The van der Waals surface area contributed by atoms with Crippen molar-refractivity contribution < 1.29 is 8.95 Å². The molecule has 3 aromatic rings. The summed E-state index contributed by atoms with van der Waals surface area (Å²) in [6.45, 7) is 7.80. The van der Waals surface area contributed by atoms with Gasteiger partial charge in [-0.25, -0.2) is 15.0 Å². The van der Waals surface area contributed by atoms with E-state index in [1.54, 1.807) is 19.5 Å². The zero-order valence-corrected chi connectivity index (χ0v) is 16.7. The highest BCUT2D eigenvalue weighted by atomic mass is 32.2. The van der Waals surface area contributed by atoms with Gasteiger partial charge in [0.25, 0.3) is 0 Å². The van der Waals surface area contributed by atoms with Gasteiger partial charge in [0.15, 0.2) is 10.2 Å². The van der Waals surface area contributed by atoms with Gasteiger partial charge in [0.05, 0.1) is 26.3 Å². The Kier molecular flexibility index (Phi) is 7.16. The molecule has 0 N–H and O–H groups in total. The van der Waals surface area contributed by atoms with Crippen LogP contribution in [0.2, 0.25) is 0 Å². The molecule has 0 amide bonds. The molecule has 0 aliphatic carbocycles. The van der Waals surface area contributed by atoms with Crippen LogP contribution in [-0.2, 0) is 15.5 Å². The number of fused-ring (bicyclic) bond motifs is 1. The average molecular weight is 378 g/mol. The Labute approximate surface area is 155 Å². The zero-order chi connectivity index (χ0) is 18.4. The van der Waals surface area contributed by atoms with Gasteiger partial charge in [-0.15, -0.1) is 11.3 Å². The lowest BCUT2D eigenvalue weighted by molar-refractivity contribution is 0.0960. The second-order valence-electron chi connectivity index (χ2n) is 5.22. The molecule has 25 heavy (non-hydrogen) atoms. The number of ether oxygens (including phenoxy) is 1. The van der Waals surface area contributed by atoms with Crippen molar-refractivity contribution in [2.75, 3.05) is 7.11 Å². The number of nitrogens with zero attached hydrogens (tertiary/aromatic N) is 3. The van der Waals surface area contributed by atoms with E-state index in [1.807, 2.05) is 52.0 Å². The summed E-state index contributed by atoms with van der Waals surface area (Å²) in [5, 5.41) is -0.303. The van der Waals surface area contributed by atoms with E-state index in [0.717, 1.165) is 15.8 Å². The quantitative estimate of drug-likeness (QED) is 0.663. The van der Waals surface area contributed by atoms with Crippen LogP contribution >= 0.6 is 11.3 Å². The predicted octanol–water partition coefficient (Wildman–Crippen LogP) is 4.30. The molecule has 0 fully saturated rings. The fraction of sp³-hybridized carbons (Fsp3) is 0.389. The van der Waals surface area contributed by atoms with Gasteiger partial charge >= 0.3 is 0 Å². The maximum atomic E-state index is 12.9. The summed E-state index contributed by atoms with van der Waals surface area (Å²) < 4.78 is 20.0. The van der Waals surface area contributed by atoms with Gasteiger partial charge in [0.2, 0.25) is 0 Å². The lowest BCUT2D eigenvalue weighted by atomic mass is 10.2. The molecule has 7 heteroatoms. The minimum atomic E-state index is -1.29. The maximum Gasteiger partial charge on any atom is 0.182 e. The molecule has 0 aliphatic rings. The molecule has 0 bridgehead atoms. The number of aromatic nitrogens is 3. The second-order valence-corrected chi connectivity index (χ2v) is 8.24. The van der Waals surface area contributed by atoms with Crippen molar-refractivity contribution in [2.24, 2.45) is 0 Å². The Hall–Kier alpha value is -1.70. The number of methoxy groups -OCH3 is 1. The molecule has 0 spiro atoms. The Morgan fingerprint density at radius 1 is 1.16 bits per heavy atom. The number of hydrogen-bond donors (Lipinski definition) is 0. The van der Waals surface area contributed by atoms with E-state index in [9.17, 15) is 4.21 Å². The van der Waals surface area contributed by atoms with Gasteiger partial charge in [-0.1, -0.05) is 26.0 Å². The number of benzene rings is 1. The van der Waals surface area contributed by atoms with Crippen molar-refractivity contribution in [1.82, 2.24) is 15.0 Å². The highest BCUT2D eigenvalue weighted by molar-refractivity contribution is 7.88. The largest absolute Gasteiger partial charge is 0.372 e. The summed E-state index contributed by atoms with van der Waals surface area (Å²) in [6, 6.07) is 7.79. The van der Waals surface area contributed by atoms with Crippen LogP contribution in [0.25, 0.3) is 10.2 Å². The highest BCUT2D eigenvalue weighted by Gasteiger charge is 2.29. The van der Waals surface area contributed by atoms with Crippen molar-refractivity contribution in [3.05, 3.63) is 48.0 Å². The van der Waals surface area contributed by atoms with E-state index in [4.69, 9.17) is 4.74 Å². The molecule has 2 heterocycles. The molecule has 1 aromatic carbocycles. The smallest absolute Gasteiger partial charge is 0.182 e. The summed E-state index contributed by atoms with van der Waals surface area (Å²) in [5.41, 5.74) is 1.84. The number of hydrogen-bond acceptors (Lipinski definition) is 6. The minimum Gasteiger partial charge on any atom is -0.372 e. The standard InChI is InChI=1S/C16H17N3O2S2.C2H6/c1-10-8-17-15(18-9-10)14(21-3)11(2)23(20)16-19-12-6-4-5-7-13(12)22-16;1-2/h4-9,11,14H,1-3H3;1-2H3. The van der Waals surface area contributed by atoms with Crippen LogP contribution in [0.3, 0.4) is 0 Å². The molecule has 134 valence electrons. The summed E-state index contributed by atoms with van der Waals surface area (Å²) in [4.78, 5) is 13.1. The molecule has 3 rings (SSSR count). The highest BCUT2D eigenvalue weighted by Crippen LogP contribution is 2.29. The topological polar surface area (TPSA) is 65.0 Å². The monoisotopic (exact) mass is 377 g/mol. The van der Waals surface area contributed by atoms with Gasteiger partial charge in [-0.05, 0) is 31.5 Å². The van der Waals surface area contributed by atoms with Crippen molar-refractivity contribution in [3.63, 3.8) is 0 Å². The van der Waals surface area contributed by atoms with Gasteiger partial charge in [0, 0.05) is 19.5 Å². The SMILES string of the molecule is CC.COC(c1ncc(C)cn1)C(C)S(=O)c1nc2ccccc2s1. The van der Waals surface area contributed by atoms with Crippen LogP contribution in [0.4, 0.5) is 0 Å². The van der Waals surface area contributed by atoms with Crippen LogP contribution in [0.15, 0.2) is 41.0 Å². The van der Waals surface area contributed by atoms with Gasteiger partial charge in [0.1, 0.15) is 6.10 Å². The Balaban J connectivity index is 0.00000109. The lowest BCUT2D eigenvalue weighted by Gasteiger charge is -2.19. The fourth-order valence-corrected chi connectivity index (χ4v) is 4.98. The molecule has 3 atom stereocenters. The van der Waals surface area contributed by atoms with Crippen molar-refractivity contribution >= 4 is 32.4 Å². The van der Waals surface area contributed by atoms with E-state index >= 15 is 0 Å². The van der Waals surface area contributed by atoms with Gasteiger partial charge < -0.3 is 4.74 Å². The number of thiazole rings is 1. The predicted molar refractivity (Wildman–Crippen MR) is 103 cm³/mol.